The molecule has 35 heavy (non-hydrogen) atoms. The number of aromatic nitrogens is 1. The zero-order chi connectivity index (χ0) is 25.1. The number of hydrogen-bond acceptors (Lipinski definition) is 10. The Morgan fingerprint density at radius 2 is 1.17 bits per heavy atom. The molecule has 1 aromatic heterocycles. The maximum absolute atomic E-state index is 9.41. The van der Waals surface area contributed by atoms with E-state index in [9.17, 15) is 5.26 Å². The van der Waals surface area contributed by atoms with E-state index in [4.69, 9.17) is 25.9 Å². The molecular weight excluding hydrogens is 547 g/mol. The number of aryl methyl sites for hydroxylation is 1. The van der Waals surface area contributed by atoms with Crippen LogP contribution in [0.1, 0.15) is 11.1 Å². The van der Waals surface area contributed by atoms with Gasteiger partial charge in [0.15, 0.2) is 5.82 Å². The number of nitrogens with zero attached hydrogens (tertiary/aromatic N) is 2. The molecule has 0 aliphatic carbocycles. The van der Waals surface area contributed by atoms with Crippen LogP contribution in [0.25, 0.3) is 0 Å². The Balaban J connectivity index is 0. The summed E-state index contributed by atoms with van der Waals surface area (Å²) in [4.78, 5) is 4.55. The third-order valence-corrected chi connectivity index (χ3v) is 3.41. The molecule has 0 amide bonds. The van der Waals surface area contributed by atoms with E-state index in [0.29, 0.717) is 29.7 Å². The van der Waals surface area contributed by atoms with Crippen molar-refractivity contribution < 1.29 is 129 Å². The largest absolute Gasteiger partial charge is 1.00 e. The molecule has 0 radical (unpaired) electrons. The number of pyridine rings is 1. The van der Waals surface area contributed by atoms with E-state index in [0.717, 1.165) is 16.9 Å². The Morgan fingerprint density at radius 3 is 1.54 bits per heavy atom. The molecule has 0 aliphatic heterocycles. The number of hydrogen-bond donors (Lipinski definition) is 2. The SMILES string of the molecule is CS(=O)(=O)[O-].CS(=O)(=O)[O-].Cc1cc(Nc2ccccc2)nc(Nc2ccccc2)c1C#N.[K+].[K+]. The van der Waals surface area contributed by atoms with Crippen molar-refractivity contribution in [2.45, 2.75) is 6.92 Å². The number of anilines is 4. The monoisotopic (exact) mass is 568 g/mol. The average molecular weight is 569 g/mol. The van der Waals surface area contributed by atoms with Gasteiger partial charge in [-0.25, -0.2) is 21.8 Å². The molecular formula is C21H22K2N4O6S2. The zero-order valence-corrected chi connectivity index (χ0v) is 27.9. The van der Waals surface area contributed by atoms with Crippen molar-refractivity contribution in [2.75, 3.05) is 23.1 Å². The van der Waals surface area contributed by atoms with Gasteiger partial charge in [-0.3, -0.25) is 0 Å². The molecule has 3 aromatic rings. The molecule has 0 saturated heterocycles. The summed E-state index contributed by atoms with van der Waals surface area (Å²) in [6, 6.07) is 23.6. The van der Waals surface area contributed by atoms with Gasteiger partial charge in [-0.2, -0.15) is 5.26 Å². The van der Waals surface area contributed by atoms with Crippen LogP contribution in [-0.4, -0.2) is 43.4 Å². The van der Waals surface area contributed by atoms with E-state index >= 15 is 0 Å². The third-order valence-electron chi connectivity index (χ3n) is 3.41. The van der Waals surface area contributed by atoms with Crippen molar-refractivity contribution in [1.29, 1.82) is 5.26 Å². The quantitative estimate of drug-likeness (QED) is 0.245. The molecule has 176 valence electrons. The Morgan fingerprint density at radius 1 is 0.800 bits per heavy atom. The van der Waals surface area contributed by atoms with Crippen LogP contribution in [0.5, 0.6) is 0 Å². The number of para-hydroxylation sites is 2. The van der Waals surface area contributed by atoms with Gasteiger partial charge in [0, 0.05) is 23.9 Å². The van der Waals surface area contributed by atoms with Gasteiger partial charge in [0.05, 0.1) is 25.8 Å². The Bertz CT molecular complexity index is 1260. The van der Waals surface area contributed by atoms with Crippen LogP contribution < -0.4 is 113 Å². The van der Waals surface area contributed by atoms with E-state index in [-0.39, 0.29) is 103 Å². The second-order valence-corrected chi connectivity index (χ2v) is 9.37. The van der Waals surface area contributed by atoms with Crippen molar-refractivity contribution in [3.63, 3.8) is 0 Å². The van der Waals surface area contributed by atoms with E-state index in [1.807, 2.05) is 73.7 Å². The normalized spacial score (nSPS) is 9.83. The van der Waals surface area contributed by atoms with Crippen LogP contribution in [0.3, 0.4) is 0 Å². The van der Waals surface area contributed by atoms with Crippen molar-refractivity contribution in [3.8, 4) is 6.07 Å². The van der Waals surface area contributed by atoms with Crippen LogP contribution in [0.15, 0.2) is 66.7 Å². The molecule has 1 heterocycles. The molecule has 0 bridgehead atoms. The molecule has 0 saturated carbocycles. The summed E-state index contributed by atoms with van der Waals surface area (Å²) in [5.74, 6) is 1.25. The topological polar surface area (TPSA) is 175 Å². The molecule has 14 heteroatoms. The van der Waals surface area contributed by atoms with Gasteiger partial charge in [-0.05, 0) is 42.8 Å². The van der Waals surface area contributed by atoms with Crippen molar-refractivity contribution in [2.24, 2.45) is 0 Å². The second-order valence-electron chi connectivity index (χ2n) is 6.55. The minimum atomic E-state index is -3.92. The number of benzene rings is 2. The molecule has 0 unspecified atom stereocenters. The van der Waals surface area contributed by atoms with Crippen LogP contribution in [-0.2, 0) is 20.2 Å². The van der Waals surface area contributed by atoms with E-state index in [2.05, 4.69) is 21.7 Å². The standard InChI is InChI=1S/C19H16N4.2CH4O3S.2K/c1-14-12-18(21-15-8-4-2-5-9-15)23-19(17(14)13-20)22-16-10-6-3-7-11-16;2*1-5(2,3)4;;/h2-12H,1H3,(H2,21,22,23);2*1H3,(H,2,3,4);;/q;;;2*+1/p-2. The summed E-state index contributed by atoms with van der Waals surface area (Å²) < 4.78 is 54.5. The minimum Gasteiger partial charge on any atom is -0.748 e. The molecule has 3 rings (SSSR count). The first-order chi connectivity index (χ1) is 15.3. The molecule has 10 nitrogen and oxygen atoms in total. The first kappa shape index (κ1) is 36.9. The summed E-state index contributed by atoms with van der Waals surface area (Å²) in [5, 5.41) is 15.9. The van der Waals surface area contributed by atoms with Crippen LogP contribution in [0, 0.1) is 18.3 Å². The minimum absolute atomic E-state index is 0. The molecule has 0 aliphatic rings. The van der Waals surface area contributed by atoms with Gasteiger partial charge in [0.1, 0.15) is 11.9 Å². The summed E-state index contributed by atoms with van der Waals surface area (Å²) in [6.07, 6.45) is 1.21. The van der Waals surface area contributed by atoms with E-state index in [1.165, 1.54) is 0 Å². The Hall–Kier alpha value is -0.227. The second kappa shape index (κ2) is 18.1. The van der Waals surface area contributed by atoms with Gasteiger partial charge >= 0.3 is 103 Å². The number of nitriles is 1. The van der Waals surface area contributed by atoms with Gasteiger partial charge in [0.2, 0.25) is 0 Å². The van der Waals surface area contributed by atoms with Gasteiger partial charge in [-0.1, -0.05) is 36.4 Å². The first-order valence-electron chi connectivity index (χ1n) is 9.14. The third kappa shape index (κ3) is 19.5. The smallest absolute Gasteiger partial charge is 0.748 e. The van der Waals surface area contributed by atoms with E-state index in [1.54, 1.807) is 0 Å². The fourth-order valence-corrected chi connectivity index (χ4v) is 2.30. The molecule has 0 fully saturated rings. The maximum atomic E-state index is 9.41. The molecule has 2 N–H and O–H groups in total. The summed E-state index contributed by atoms with van der Waals surface area (Å²) in [5.41, 5.74) is 3.27. The Kier molecular flexibility index (Phi) is 19.1. The average Bonchev–Trinajstić information content (AvgIpc) is 2.67. The van der Waals surface area contributed by atoms with Crippen molar-refractivity contribution >= 4 is 43.2 Å². The fraction of sp³-hybridized carbons (Fsp3) is 0.143. The van der Waals surface area contributed by atoms with Crippen molar-refractivity contribution in [3.05, 3.63) is 77.9 Å². The fourth-order valence-electron chi connectivity index (χ4n) is 2.30. The maximum Gasteiger partial charge on any atom is 1.00 e. The Labute approximate surface area is 291 Å². The van der Waals surface area contributed by atoms with Crippen LogP contribution in [0.4, 0.5) is 23.0 Å². The van der Waals surface area contributed by atoms with Crippen LogP contribution >= 0.6 is 0 Å². The molecule has 2 aromatic carbocycles. The zero-order valence-electron chi connectivity index (χ0n) is 20.0. The summed E-state index contributed by atoms with van der Waals surface area (Å²) in [6.45, 7) is 1.91. The summed E-state index contributed by atoms with van der Waals surface area (Å²) >= 11 is 0. The van der Waals surface area contributed by atoms with Crippen LogP contribution in [0.2, 0.25) is 0 Å². The predicted molar refractivity (Wildman–Crippen MR) is 124 cm³/mol. The van der Waals surface area contributed by atoms with Gasteiger partial charge in [-0.15, -0.1) is 0 Å². The predicted octanol–water partition coefficient (Wildman–Crippen LogP) is -2.92. The van der Waals surface area contributed by atoms with Gasteiger partial charge < -0.3 is 19.7 Å². The molecule has 0 spiro atoms. The first-order valence-corrected chi connectivity index (χ1v) is 12.8. The van der Waals surface area contributed by atoms with Gasteiger partial charge in [0.25, 0.3) is 0 Å². The van der Waals surface area contributed by atoms with E-state index < -0.39 is 20.2 Å². The number of rotatable bonds is 4. The summed E-state index contributed by atoms with van der Waals surface area (Å²) in [7, 11) is -7.83. The number of nitrogens with one attached hydrogen (secondary N) is 2. The van der Waals surface area contributed by atoms with Crippen molar-refractivity contribution in [1.82, 2.24) is 4.98 Å². The molecule has 0 atom stereocenters.